The molecule has 9 rings (SSSR count). The second-order valence-corrected chi connectivity index (χ2v) is 15.2. The topological polar surface area (TPSA) is 57.4 Å². The summed E-state index contributed by atoms with van der Waals surface area (Å²) in [6.45, 7) is 8.49. The summed E-state index contributed by atoms with van der Waals surface area (Å²) in [4.78, 5) is 18.9. The summed E-state index contributed by atoms with van der Waals surface area (Å²) < 4.78 is 0. The first kappa shape index (κ1) is 36.3. The summed E-state index contributed by atoms with van der Waals surface area (Å²) >= 11 is 0. The SMILES string of the molecule is CC(C)C#CC1=C(C#CC(C)C)c2nc1c(-c1ccccc1)c1ccc([nH]1)c(-c1ccccc1)c1nc(c(-c3ccccc3)c3ccc([nH]3)c2-c2ccccc2)C=C1. The van der Waals surface area contributed by atoms with Crippen molar-refractivity contribution in [3.63, 3.8) is 0 Å². The van der Waals surface area contributed by atoms with Gasteiger partial charge in [-0.05, 0) is 58.7 Å². The van der Waals surface area contributed by atoms with Gasteiger partial charge in [0.2, 0.25) is 0 Å². The van der Waals surface area contributed by atoms with Crippen LogP contribution in [0.1, 0.15) is 50.5 Å². The second-order valence-electron chi connectivity index (χ2n) is 15.2. The van der Waals surface area contributed by atoms with Crippen molar-refractivity contribution in [3.8, 4) is 68.2 Å². The van der Waals surface area contributed by atoms with Gasteiger partial charge in [0.05, 0.1) is 33.9 Å². The van der Waals surface area contributed by atoms with Crippen LogP contribution in [-0.2, 0) is 0 Å². The smallest absolute Gasteiger partial charge is 0.0906 e. The number of nitrogens with zero attached hydrogens (tertiary/aromatic N) is 2. The molecule has 0 amide bonds. The highest BCUT2D eigenvalue weighted by Crippen LogP contribution is 2.43. The third kappa shape index (κ3) is 6.98. The maximum absolute atomic E-state index is 5.70. The van der Waals surface area contributed by atoms with E-state index in [1.807, 2.05) is 24.3 Å². The van der Waals surface area contributed by atoms with Gasteiger partial charge in [0.15, 0.2) is 0 Å². The zero-order valence-corrected chi connectivity index (χ0v) is 33.1. The average molecular weight is 747 g/mol. The monoisotopic (exact) mass is 746 g/mol. The van der Waals surface area contributed by atoms with E-state index < -0.39 is 0 Å². The van der Waals surface area contributed by atoms with E-state index in [9.17, 15) is 0 Å². The molecular weight excluding hydrogens is 705 g/mol. The summed E-state index contributed by atoms with van der Waals surface area (Å²) in [5.41, 5.74) is 16.8. The van der Waals surface area contributed by atoms with Crippen LogP contribution in [0.25, 0.3) is 89.9 Å². The molecule has 5 heterocycles. The molecule has 0 unspecified atom stereocenters. The van der Waals surface area contributed by atoms with Crippen LogP contribution in [0.15, 0.2) is 146 Å². The highest BCUT2D eigenvalue weighted by atomic mass is 14.8. The first-order chi connectivity index (χ1) is 28.4. The van der Waals surface area contributed by atoms with Crippen LogP contribution in [0.3, 0.4) is 0 Å². The van der Waals surface area contributed by atoms with Gasteiger partial charge < -0.3 is 9.97 Å². The third-order valence-electron chi connectivity index (χ3n) is 10.2. The molecule has 2 aliphatic heterocycles. The summed E-state index contributed by atoms with van der Waals surface area (Å²) in [5, 5.41) is 0. The normalized spacial score (nSPS) is 12.0. The van der Waals surface area contributed by atoms with E-state index in [4.69, 9.17) is 9.97 Å². The fourth-order valence-corrected chi connectivity index (χ4v) is 7.65. The highest BCUT2D eigenvalue weighted by molar-refractivity contribution is 6.13. The minimum atomic E-state index is 0.135. The van der Waals surface area contributed by atoms with Gasteiger partial charge in [-0.25, -0.2) is 9.97 Å². The molecule has 0 saturated heterocycles. The minimum Gasteiger partial charge on any atom is -0.354 e. The number of aromatic nitrogens is 4. The molecule has 2 N–H and O–H groups in total. The Morgan fingerprint density at radius 3 is 1.02 bits per heavy atom. The van der Waals surface area contributed by atoms with Crippen LogP contribution in [-0.4, -0.2) is 19.9 Å². The molecule has 0 saturated carbocycles. The van der Waals surface area contributed by atoms with E-state index in [-0.39, 0.29) is 11.8 Å². The Kier molecular flexibility index (Phi) is 9.76. The van der Waals surface area contributed by atoms with E-state index >= 15 is 0 Å². The molecule has 2 aliphatic rings. The first-order valence-corrected chi connectivity index (χ1v) is 19.9. The van der Waals surface area contributed by atoms with Gasteiger partial charge in [-0.1, -0.05) is 173 Å². The molecule has 278 valence electrons. The fourth-order valence-electron chi connectivity index (χ4n) is 7.65. The third-order valence-corrected chi connectivity index (χ3v) is 10.2. The number of allylic oxidation sites excluding steroid dienone is 2. The lowest BCUT2D eigenvalue weighted by molar-refractivity contribution is 0.867. The highest BCUT2D eigenvalue weighted by Gasteiger charge is 2.27. The maximum Gasteiger partial charge on any atom is 0.0906 e. The van der Waals surface area contributed by atoms with E-state index in [1.165, 1.54) is 0 Å². The number of benzene rings is 4. The molecule has 4 aromatic carbocycles. The van der Waals surface area contributed by atoms with Crippen molar-refractivity contribution >= 4 is 45.4 Å². The largest absolute Gasteiger partial charge is 0.354 e. The molecule has 4 heteroatoms. The summed E-state index contributed by atoms with van der Waals surface area (Å²) in [6.07, 6.45) is 4.27. The number of aromatic amines is 2. The lowest BCUT2D eigenvalue weighted by atomic mass is 9.94. The molecule has 0 aliphatic carbocycles. The van der Waals surface area contributed by atoms with Gasteiger partial charge in [-0.15, -0.1) is 0 Å². The van der Waals surface area contributed by atoms with Crippen molar-refractivity contribution in [1.82, 2.24) is 19.9 Å². The Morgan fingerprint density at radius 1 is 0.379 bits per heavy atom. The standard InChI is InChI=1S/C54H42N4/c1-35(2)25-27-41-42(28-26-36(3)4)54-52(40-23-15-8-16-24-40)48-34-32-46(57-48)50(38-19-11-6-12-20-38)44-30-29-43(55-44)49(37-17-9-5-10-18-37)45-31-33-47(56-45)51(53(41)58-54)39-21-13-7-14-22-39/h5-24,29-36,56-57H,1-4H3. The molecule has 7 aromatic rings. The van der Waals surface area contributed by atoms with Crippen LogP contribution in [0.4, 0.5) is 0 Å². The Labute approximate surface area is 340 Å². The van der Waals surface area contributed by atoms with Crippen molar-refractivity contribution in [1.29, 1.82) is 0 Å². The van der Waals surface area contributed by atoms with Gasteiger partial charge in [-0.2, -0.15) is 0 Å². The number of hydrogen-bond acceptors (Lipinski definition) is 2. The molecule has 0 atom stereocenters. The summed E-state index contributed by atoms with van der Waals surface area (Å²) in [6, 6.07) is 50.6. The van der Waals surface area contributed by atoms with Gasteiger partial charge in [0, 0.05) is 56.2 Å². The molecular formula is C54H42N4. The van der Waals surface area contributed by atoms with Crippen molar-refractivity contribution in [2.24, 2.45) is 11.8 Å². The van der Waals surface area contributed by atoms with Crippen LogP contribution >= 0.6 is 0 Å². The molecule has 4 nitrogen and oxygen atoms in total. The van der Waals surface area contributed by atoms with Crippen molar-refractivity contribution in [2.75, 3.05) is 0 Å². The van der Waals surface area contributed by atoms with Crippen LogP contribution in [0.2, 0.25) is 0 Å². The second kappa shape index (κ2) is 15.6. The molecule has 58 heavy (non-hydrogen) atoms. The quantitative estimate of drug-likeness (QED) is 0.176. The zero-order valence-electron chi connectivity index (χ0n) is 33.1. The van der Waals surface area contributed by atoms with Gasteiger partial charge in [-0.3, -0.25) is 0 Å². The van der Waals surface area contributed by atoms with E-state index in [2.05, 4.69) is 195 Å². The molecule has 0 radical (unpaired) electrons. The van der Waals surface area contributed by atoms with Crippen molar-refractivity contribution < 1.29 is 0 Å². The number of H-pyrrole nitrogens is 2. The summed E-state index contributed by atoms with van der Waals surface area (Å²) in [7, 11) is 0. The zero-order chi connectivity index (χ0) is 39.6. The van der Waals surface area contributed by atoms with Crippen LogP contribution in [0.5, 0.6) is 0 Å². The number of fused-ring (bicyclic) bond motifs is 8. The lowest BCUT2D eigenvalue weighted by Gasteiger charge is -2.07. The predicted molar refractivity (Wildman–Crippen MR) is 244 cm³/mol. The van der Waals surface area contributed by atoms with Gasteiger partial charge >= 0.3 is 0 Å². The number of nitrogens with one attached hydrogen (secondary N) is 2. The van der Waals surface area contributed by atoms with Crippen molar-refractivity contribution in [2.45, 2.75) is 27.7 Å². The molecule has 0 fully saturated rings. The Hall–Kier alpha value is -7.40. The Balaban J connectivity index is 1.56. The predicted octanol–water partition coefficient (Wildman–Crippen LogP) is 13.4. The van der Waals surface area contributed by atoms with Crippen LogP contribution in [0, 0.1) is 35.5 Å². The molecule has 3 aromatic heterocycles. The van der Waals surface area contributed by atoms with E-state index in [1.54, 1.807) is 0 Å². The molecule has 8 bridgehead atoms. The number of hydrogen-bond donors (Lipinski definition) is 2. The average Bonchev–Trinajstić information content (AvgIpc) is 4.08. The molecule has 0 spiro atoms. The van der Waals surface area contributed by atoms with Gasteiger partial charge in [0.25, 0.3) is 0 Å². The van der Waals surface area contributed by atoms with E-state index in [0.29, 0.717) is 0 Å². The number of rotatable bonds is 4. The Morgan fingerprint density at radius 2 is 0.690 bits per heavy atom. The lowest BCUT2D eigenvalue weighted by Crippen LogP contribution is -1.91. The Bertz CT molecular complexity index is 2830. The van der Waals surface area contributed by atoms with E-state index in [0.717, 1.165) is 100 Å². The maximum atomic E-state index is 5.70. The van der Waals surface area contributed by atoms with Gasteiger partial charge in [0.1, 0.15) is 0 Å². The fraction of sp³-hybridized carbons (Fsp3) is 0.111. The van der Waals surface area contributed by atoms with Crippen LogP contribution < -0.4 is 0 Å². The summed E-state index contributed by atoms with van der Waals surface area (Å²) in [5.74, 6) is 14.5. The van der Waals surface area contributed by atoms with Crippen molar-refractivity contribution in [3.05, 3.63) is 168 Å². The minimum absolute atomic E-state index is 0.135. The first-order valence-electron chi connectivity index (χ1n) is 19.9.